The summed E-state index contributed by atoms with van der Waals surface area (Å²) in [6.45, 7) is 8.71. The SMILES string of the molecule is CCN(CC(C)C)C(=O)C1CNc2ccccc21. The first-order valence-corrected chi connectivity index (χ1v) is 6.75. The average Bonchev–Trinajstić information content (AvgIpc) is 2.78. The molecule has 1 aromatic rings. The summed E-state index contributed by atoms with van der Waals surface area (Å²) in [6, 6.07) is 8.11. The van der Waals surface area contributed by atoms with E-state index in [1.165, 1.54) is 0 Å². The molecule has 1 amide bonds. The number of rotatable bonds is 4. The number of amides is 1. The first-order chi connectivity index (χ1) is 8.63. The van der Waals surface area contributed by atoms with Gasteiger partial charge in [-0.15, -0.1) is 0 Å². The fraction of sp³-hybridized carbons (Fsp3) is 0.533. The van der Waals surface area contributed by atoms with E-state index in [9.17, 15) is 4.79 Å². The monoisotopic (exact) mass is 246 g/mol. The lowest BCUT2D eigenvalue weighted by molar-refractivity contribution is -0.132. The number of hydrogen-bond donors (Lipinski definition) is 1. The van der Waals surface area contributed by atoms with Crippen molar-refractivity contribution >= 4 is 11.6 Å². The van der Waals surface area contributed by atoms with E-state index in [0.29, 0.717) is 5.92 Å². The van der Waals surface area contributed by atoms with Gasteiger partial charge in [0, 0.05) is 25.3 Å². The summed E-state index contributed by atoms with van der Waals surface area (Å²) < 4.78 is 0. The molecule has 0 aliphatic carbocycles. The lowest BCUT2D eigenvalue weighted by Crippen LogP contribution is -2.38. The fourth-order valence-corrected chi connectivity index (χ4v) is 2.54. The normalized spacial score (nSPS) is 17.4. The number of nitrogens with one attached hydrogen (secondary N) is 1. The lowest BCUT2D eigenvalue weighted by atomic mass is 9.99. The van der Waals surface area contributed by atoms with Crippen molar-refractivity contribution in [1.29, 1.82) is 0 Å². The zero-order valence-electron chi connectivity index (χ0n) is 11.4. The molecular formula is C15H22N2O. The molecule has 1 heterocycles. The van der Waals surface area contributed by atoms with Crippen LogP contribution in [-0.2, 0) is 4.79 Å². The van der Waals surface area contributed by atoms with Gasteiger partial charge in [0.25, 0.3) is 0 Å². The Balaban J connectivity index is 2.15. The van der Waals surface area contributed by atoms with E-state index in [1.54, 1.807) is 0 Å². The van der Waals surface area contributed by atoms with Crippen LogP contribution in [-0.4, -0.2) is 30.4 Å². The second kappa shape index (κ2) is 5.42. The van der Waals surface area contributed by atoms with Gasteiger partial charge in [0.1, 0.15) is 0 Å². The zero-order valence-corrected chi connectivity index (χ0v) is 11.4. The van der Waals surface area contributed by atoms with Crippen LogP contribution in [0.4, 0.5) is 5.69 Å². The average molecular weight is 246 g/mol. The Bertz CT molecular complexity index is 428. The summed E-state index contributed by atoms with van der Waals surface area (Å²) in [6.07, 6.45) is 0. The Hall–Kier alpha value is -1.51. The Labute approximate surface area is 109 Å². The number of nitrogens with zero attached hydrogens (tertiary/aromatic N) is 1. The van der Waals surface area contributed by atoms with Crippen LogP contribution in [0.15, 0.2) is 24.3 Å². The molecule has 0 aromatic heterocycles. The van der Waals surface area contributed by atoms with Gasteiger partial charge < -0.3 is 10.2 Å². The molecule has 0 saturated carbocycles. The van der Waals surface area contributed by atoms with Gasteiger partial charge in [0.05, 0.1) is 5.92 Å². The largest absolute Gasteiger partial charge is 0.384 e. The third-order valence-corrected chi connectivity index (χ3v) is 3.41. The third kappa shape index (κ3) is 2.50. The van der Waals surface area contributed by atoms with Gasteiger partial charge in [-0.2, -0.15) is 0 Å². The van der Waals surface area contributed by atoms with E-state index in [0.717, 1.165) is 30.9 Å². The molecule has 0 saturated heterocycles. The maximum Gasteiger partial charge on any atom is 0.231 e. The smallest absolute Gasteiger partial charge is 0.231 e. The number of carbonyl (C=O) groups is 1. The predicted octanol–water partition coefficient (Wildman–Crippen LogP) is 2.70. The molecule has 1 N–H and O–H groups in total. The van der Waals surface area contributed by atoms with Crippen LogP contribution in [0.5, 0.6) is 0 Å². The number of benzene rings is 1. The predicted molar refractivity (Wildman–Crippen MR) is 74.8 cm³/mol. The molecule has 18 heavy (non-hydrogen) atoms. The van der Waals surface area contributed by atoms with Crippen LogP contribution >= 0.6 is 0 Å². The highest BCUT2D eigenvalue weighted by atomic mass is 16.2. The summed E-state index contributed by atoms with van der Waals surface area (Å²) in [7, 11) is 0. The Morgan fingerprint density at radius 3 is 2.83 bits per heavy atom. The van der Waals surface area contributed by atoms with Crippen molar-refractivity contribution in [3.63, 3.8) is 0 Å². The number of hydrogen-bond acceptors (Lipinski definition) is 2. The molecule has 98 valence electrons. The van der Waals surface area contributed by atoms with Gasteiger partial charge in [0.15, 0.2) is 0 Å². The Morgan fingerprint density at radius 1 is 1.44 bits per heavy atom. The van der Waals surface area contributed by atoms with Crippen LogP contribution in [0, 0.1) is 5.92 Å². The highest BCUT2D eigenvalue weighted by Gasteiger charge is 2.31. The number of likely N-dealkylation sites (N-methyl/N-ethyl adjacent to an activating group) is 1. The highest BCUT2D eigenvalue weighted by Crippen LogP contribution is 2.32. The van der Waals surface area contributed by atoms with Crippen molar-refractivity contribution in [2.45, 2.75) is 26.7 Å². The van der Waals surface area contributed by atoms with Crippen LogP contribution in [0.1, 0.15) is 32.3 Å². The van der Waals surface area contributed by atoms with Gasteiger partial charge in [-0.25, -0.2) is 0 Å². The molecule has 1 aliphatic rings. The maximum absolute atomic E-state index is 12.6. The first-order valence-electron chi connectivity index (χ1n) is 6.75. The van der Waals surface area contributed by atoms with E-state index in [4.69, 9.17) is 0 Å². The summed E-state index contributed by atoms with van der Waals surface area (Å²) in [5, 5.41) is 3.32. The Morgan fingerprint density at radius 2 is 2.17 bits per heavy atom. The zero-order chi connectivity index (χ0) is 13.1. The molecule has 0 bridgehead atoms. The van der Waals surface area contributed by atoms with Crippen LogP contribution in [0.2, 0.25) is 0 Å². The second-order valence-electron chi connectivity index (χ2n) is 5.29. The van der Waals surface area contributed by atoms with Crippen molar-refractivity contribution in [1.82, 2.24) is 4.90 Å². The molecule has 1 unspecified atom stereocenters. The summed E-state index contributed by atoms with van der Waals surface area (Å²) in [4.78, 5) is 14.5. The summed E-state index contributed by atoms with van der Waals surface area (Å²) in [5.41, 5.74) is 2.25. The van der Waals surface area contributed by atoms with Crippen molar-refractivity contribution in [2.24, 2.45) is 5.92 Å². The van der Waals surface area contributed by atoms with Gasteiger partial charge in [-0.05, 0) is 24.5 Å². The molecule has 0 spiro atoms. The minimum Gasteiger partial charge on any atom is -0.384 e. The van der Waals surface area contributed by atoms with E-state index in [2.05, 4.69) is 32.2 Å². The topological polar surface area (TPSA) is 32.3 Å². The fourth-order valence-electron chi connectivity index (χ4n) is 2.54. The van der Waals surface area contributed by atoms with Crippen LogP contribution in [0.3, 0.4) is 0 Å². The van der Waals surface area contributed by atoms with Crippen LogP contribution < -0.4 is 5.32 Å². The lowest BCUT2D eigenvalue weighted by Gasteiger charge is -2.26. The van der Waals surface area contributed by atoms with Crippen molar-refractivity contribution < 1.29 is 4.79 Å². The molecule has 3 heteroatoms. The van der Waals surface area contributed by atoms with Gasteiger partial charge >= 0.3 is 0 Å². The molecular weight excluding hydrogens is 224 g/mol. The van der Waals surface area contributed by atoms with Gasteiger partial charge in [-0.3, -0.25) is 4.79 Å². The van der Waals surface area contributed by atoms with E-state index < -0.39 is 0 Å². The number of para-hydroxylation sites is 1. The maximum atomic E-state index is 12.6. The molecule has 0 radical (unpaired) electrons. The molecule has 1 aliphatic heterocycles. The number of anilines is 1. The second-order valence-corrected chi connectivity index (χ2v) is 5.29. The van der Waals surface area contributed by atoms with E-state index >= 15 is 0 Å². The molecule has 1 atom stereocenters. The molecule has 1 aromatic carbocycles. The first kappa shape index (κ1) is 12.9. The minimum atomic E-state index is -0.0140. The highest BCUT2D eigenvalue weighted by molar-refractivity contribution is 5.88. The number of carbonyl (C=O) groups excluding carboxylic acids is 1. The molecule has 3 nitrogen and oxygen atoms in total. The van der Waals surface area contributed by atoms with Gasteiger partial charge in [0.2, 0.25) is 5.91 Å². The molecule has 0 fully saturated rings. The summed E-state index contributed by atoms with van der Waals surface area (Å²) >= 11 is 0. The number of fused-ring (bicyclic) bond motifs is 1. The summed E-state index contributed by atoms with van der Waals surface area (Å²) in [5.74, 6) is 0.752. The standard InChI is InChI=1S/C15H22N2O/c1-4-17(10-11(2)3)15(18)13-9-16-14-8-6-5-7-12(13)14/h5-8,11,13,16H,4,9-10H2,1-3H3. The molecule has 2 rings (SSSR count). The van der Waals surface area contributed by atoms with Crippen molar-refractivity contribution in [3.8, 4) is 0 Å². The van der Waals surface area contributed by atoms with Crippen molar-refractivity contribution in [3.05, 3.63) is 29.8 Å². The quantitative estimate of drug-likeness (QED) is 0.886. The Kier molecular flexibility index (Phi) is 3.90. The van der Waals surface area contributed by atoms with Crippen LogP contribution in [0.25, 0.3) is 0 Å². The van der Waals surface area contributed by atoms with E-state index in [-0.39, 0.29) is 11.8 Å². The van der Waals surface area contributed by atoms with Gasteiger partial charge in [-0.1, -0.05) is 32.0 Å². The third-order valence-electron chi connectivity index (χ3n) is 3.41. The van der Waals surface area contributed by atoms with Crippen molar-refractivity contribution in [2.75, 3.05) is 25.0 Å². The van der Waals surface area contributed by atoms with E-state index in [1.807, 2.05) is 23.1 Å². The minimum absolute atomic E-state index is 0.0140.